The summed E-state index contributed by atoms with van der Waals surface area (Å²) in [7, 11) is -3.55. The number of sulfonamides is 1. The first-order valence-corrected chi connectivity index (χ1v) is 12.8. The molecule has 0 aromatic heterocycles. The lowest BCUT2D eigenvalue weighted by Crippen LogP contribution is -2.50. The molecule has 2 fully saturated rings. The Balaban J connectivity index is 1.41. The molecule has 0 N–H and O–H groups in total. The van der Waals surface area contributed by atoms with Gasteiger partial charge in [-0.2, -0.15) is 4.31 Å². The molecule has 1 amide bonds. The van der Waals surface area contributed by atoms with E-state index in [0.717, 1.165) is 16.7 Å². The highest BCUT2D eigenvalue weighted by molar-refractivity contribution is 7.89. The number of carbonyl (C=O) groups is 1. The Kier molecular flexibility index (Phi) is 6.70. The summed E-state index contributed by atoms with van der Waals surface area (Å²) in [5.41, 5.74) is 2.88. The summed E-state index contributed by atoms with van der Waals surface area (Å²) in [6.45, 7) is 7.63. The first kappa shape index (κ1) is 23.0. The van der Waals surface area contributed by atoms with E-state index >= 15 is 0 Å². The summed E-state index contributed by atoms with van der Waals surface area (Å²) in [6.07, 6.45) is 0.923. The van der Waals surface area contributed by atoms with Crippen molar-refractivity contribution >= 4 is 15.9 Å². The molecule has 2 atom stereocenters. The Morgan fingerprint density at radius 3 is 2.34 bits per heavy atom. The summed E-state index contributed by atoms with van der Waals surface area (Å²) in [4.78, 5) is 15.6. The number of hydrogen-bond donors (Lipinski definition) is 0. The largest absolute Gasteiger partial charge is 0.367 e. The van der Waals surface area contributed by atoms with Gasteiger partial charge in [0.05, 0.1) is 17.5 Å². The minimum atomic E-state index is -3.55. The van der Waals surface area contributed by atoms with Crippen molar-refractivity contribution in [1.82, 2.24) is 9.21 Å². The number of piperidine rings is 1. The molecular formula is C25H32N2O4S. The van der Waals surface area contributed by atoms with Crippen LogP contribution in [0.4, 0.5) is 0 Å². The van der Waals surface area contributed by atoms with Gasteiger partial charge in [0, 0.05) is 25.6 Å². The van der Waals surface area contributed by atoms with Crippen LogP contribution in [-0.4, -0.2) is 55.8 Å². The summed E-state index contributed by atoms with van der Waals surface area (Å²) in [5.74, 6) is -0.0352. The Morgan fingerprint density at radius 2 is 1.69 bits per heavy atom. The molecule has 2 unspecified atom stereocenters. The van der Waals surface area contributed by atoms with Crippen molar-refractivity contribution in [3.05, 3.63) is 65.2 Å². The quantitative estimate of drug-likeness (QED) is 0.704. The molecule has 6 nitrogen and oxygen atoms in total. The fraction of sp³-hybridized carbons (Fsp3) is 0.480. The monoisotopic (exact) mass is 456 g/mol. The third-order valence-electron chi connectivity index (χ3n) is 6.49. The van der Waals surface area contributed by atoms with E-state index in [1.165, 1.54) is 4.31 Å². The maximum absolute atomic E-state index is 13.3. The van der Waals surface area contributed by atoms with E-state index in [-0.39, 0.29) is 24.0 Å². The van der Waals surface area contributed by atoms with E-state index in [1.54, 1.807) is 6.07 Å². The predicted molar refractivity (Wildman–Crippen MR) is 124 cm³/mol. The molecule has 0 spiro atoms. The molecule has 0 aliphatic carbocycles. The molecule has 32 heavy (non-hydrogen) atoms. The summed E-state index contributed by atoms with van der Waals surface area (Å²) in [5, 5.41) is 0. The van der Waals surface area contributed by atoms with Gasteiger partial charge in [-0.05, 0) is 50.8 Å². The third kappa shape index (κ3) is 4.75. The minimum absolute atomic E-state index is 0.0390. The van der Waals surface area contributed by atoms with Crippen LogP contribution < -0.4 is 0 Å². The van der Waals surface area contributed by atoms with Crippen LogP contribution >= 0.6 is 0 Å². The van der Waals surface area contributed by atoms with Crippen LogP contribution in [0.5, 0.6) is 0 Å². The van der Waals surface area contributed by atoms with Crippen molar-refractivity contribution < 1.29 is 17.9 Å². The Labute approximate surface area is 191 Å². The average molecular weight is 457 g/mol. The third-order valence-corrected chi connectivity index (χ3v) is 8.55. The van der Waals surface area contributed by atoms with Crippen molar-refractivity contribution in [2.24, 2.45) is 5.92 Å². The summed E-state index contributed by atoms with van der Waals surface area (Å²) < 4.78 is 33.9. The highest BCUT2D eigenvalue weighted by Gasteiger charge is 2.37. The van der Waals surface area contributed by atoms with Crippen LogP contribution in [0.2, 0.25) is 0 Å². The minimum Gasteiger partial charge on any atom is -0.367 e. The molecule has 172 valence electrons. The Bertz CT molecular complexity index is 1060. The number of hydrogen-bond acceptors (Lipinski definition) is 4. The zero-order valence-electron chi connectivity index (χ0n) is 19.0. The molecule has 2 aliphatic heterocycles. The van der Waals surface area contributed by atoms with Gasteiger partial charge in [-0.1, -0.05) is 48.0 Å². The first-order chi connectivity index (χ1) is 15.3. The fourth-order valence-corrected chi connectivity index (χ4v) is 6.49. The zero-order chi connectivity index (χ0) is 22.9. The second-order valence-corrected chi connectivity index (χ2v) is 10.9. The van der Waals surface area contributed by atoms with E-state index in [9.17, 15) is 13.2 Å². The topological polar surface area (TPSA) is 66.9 Å². The molecule has 4 rings (SSSR count). The number of carbonyl (C=O) groups excluding carboxylic acids is 1. The molecular weight excluding hydrogens is 424 g/mol. The van der Waals surface area contributed by atoms with Crippen molar-refractivity contribution in [1.29, 1.82) is 0 Å². The van der Waals surface area contributed by atoms with Crippen molar-refractivity contribution in [2.75, 3.05) is 26.2 Å². The highest BCUT2D eigenvalue weighted by Crippen LogP contribution is 2.30. The predicted octanol–water partition coefficient (Wildman–Crippen LogP) is 3.69. The van der Waals surface area contributed by atoms with Crippen LogP contribution in [-0.2, 0) is 19.6 Å². The van der Waals surface area contributed by atoms with Crippen LogP contribution in [0.15, 0.2) is 53.4 Å². The van der Waals surface area contributed by atoms with Gasteiger partial charge in [0.15, 0.2) is 0 Å². The maximum Gasteiger partial charge on any atom is 0.243 e. The fourth-order valence-electron chi connectivity index (χ4n) is 4.81. The number of benzene rings is 2. The second-order valence-electron chi connectivity index (χ2n) is 9.04. The smallest absolute Gasteiger partial charge is 0.243 e. The number of rotatable bonds is 4. The van der Waals surface area contributed by atoms with Gasteiger partial charge in [0.25, 0.3) is 0 Å². The van der Waals surface area contributed by atoms with Gasteiger partial charge in [-0.3, -0.25) is 4.79 Å². The van der Waals surface area contributed by atoms with Crippen LogP contribution in [0.3, 0.4) is 0 Å². The summed E-state index contributed by atoms with van der Waals surface area (Å²) >= 11 is 0. The zero-order valence-corrected chi connectivity index (χ0v) is 19.8. The van der Waals surface area contributed by atoms with E-state index in [2.05, 4.69) is 0 Å². The van der Waals surface area contributed by atoms with Crippen LogP contribution in [0.25, 0.3) is 0 Å². The lowest BCUT2D eigenvalue weighted by molar-refractivity contribution is -0.150. The molecule has 2 aromatic rings. The van der Waals surface area contributed by atoms with E-state index < -0.39 is 10.0 Å². The molecule has 2 aromatic carbocycles. The molecule has 2 heterocycles. The first-order valence-electron chi connectivity index (χ1n) is 11.3. The van der Waals surface area contributed by atoms with E-state index in [4.69, 9.17) is 4.74 Å². The average Bonchev–Trinajstić information content (AvgIpc) is 2.78. The van der Waals surface area contributed by atoms with Gasteiger partial charge in [0.1, 0.15) is 6.10 Å². The lowest BCUT2D eigenvalue weighted by Gasteiger charge is -2.40. The molecule has 7 heteroatoms. The molecule has 2 aliphatic rings. The molecule has 0 saturated carbocycles. The number of nitrogens with zero attached hydrogens (tertiary/aromatic N) is 2. The Hall–Kier alpha value is -2.22. The lowest BCUT2D eigenvalue weighted by atomic mass is 9.95. The van der Waals surface area contributed by atoms with Gasteiger partial charge in [-0.15, -0.1) is 0 Å². The molecule has 0 bridgehead atoms. The standard InChI is InChI=1S/C25H32N2O4S/c1-18-9-10-24(19(2)15-18)32(29,30)27-13-11-22(12-14-27)25(28)26-16-20(3)31-23(17-26)21-7-5-4-6-8-21/h4-10,15,20,22-23H,11-14,16-17H2,1-3H3. The van der Waals surface area contributed by atoms with Crippen molar-refractivity contribution in [3.63, 3.8) is 0 Å². The van der Waals surface area contributed by atoms with Gasteiger partial charge < -0.3 is 9.64 Å². The van der Waals surface area contributed by atoms with Crippen molar-refractivity contribution in [3.8, 4) is 0 Å². The molecule has 0 radical (unpaired) electrons. The number of ether oxygens (including phenoxy) is 1. The van der Waals surface area contributed by atoms with E-state index in [0.29, 0.717) is 43.9 Å². The van der Waals surface area contributed by atoms with E-state index in [1.807, 2.05) is 68.1 Å². The second kappa shape index (κ2) is 9.33. The van der Waals surface area contributed by atoms with Gasteiger partial charge in [0.2, 0.25) is 15.9 Å². The number of morpholine rings is 1. The Morgan fingerprint density at radius 1 is 1.00 bits per heavy atom. The maximum atomic E-state index is 13.3. The number of amides is 1. The normalized spacial score (nSPS) is 23.3. The van der Waals surface area contributed by atoms with Gasteiger partial charge >= 0.3 is 0 Å². The van der Waals surface area contributed by atoms with Crippen LogP contribution in [0.1, 0.15) is 42.6 Å². The van der Waals surface area contributed by atoms with Gasteiger partial charge in [-0.25, -0.2) is 8.42 Å². The molecule has 2 saturated heterocycles. The number of aryl methyl sites for hydroxylation is 2. The van der Waals surface area contributed by atoms with Crippen molar-refractivity contribution in [2.45, 2.75) is 50.7 Å². The van der Waals surface area contributed by atoms with Crippen LogP contribution in [0, 0.1) is 19.8 Å². The summed E-state index contributed by atoms with van der Waals surface area (Å²) in [6, 6.07) is 15.4. The highest BCUT2D eigenvalue weighted by atomic mass is 32.2. The SMILES string of the molecule is Cc1ccc(S(=O)(=O)N2CCC(C(=O)N3CC(C)OC(c4ccccc4)C3)CC2)c(C)c1.